The Labute approximate surface area is 110 Å². The molecule has 1 saturated heterocycles. The largest absolute Gasteiger partial charge is 0.493 e. The highest BCUT2D eigenvalue weighted by molar-refractivity contribution is 5.36. The van der Waals surface area contributed by atoms with Crippen LogP contribution < -0.4 is 10.1 Å². The molecule has 0 bridgehead atoms. The summed E-state index contributed by atoms with van der Waals surface area (Å²) in [7, 11) is 0. The first-order chi connectivity index (χ1) is 8.93. The third-order valence-electron chi connectivity index (χ3n) is 4.35. The van der Waals surface area contributed by atoms with Crippen molar-refractivity contribution in [3.05, 3.63) is 29.8 Å². The van der Waals surface area contributed by atoms with E-state index in [0.29, 0.717) is 5.92 Å². The molecule has 2 aliphatic rings. The van der Waals surface area contributed by atoms with Crippen LogP contribution in [0, 0.1) is 5.92 Å². The van der Waals surface area contributed by atoms with E-state index in [0.717, 1.165) is 31.4 Å². The molecule has 2 fully saturated rings. The molecule has 0 aromatic heterocycles. The molecule has 1 atom stereocenters. The Hall–Kier alpha value is -1.02. The van der Waals surface area contributed by atoms with Gasteiger partial charge in [-0.2, -0.15) is 0 Å². The lowest BCUT2D eigenvalue weighted by Gasteiger charge is -2.17. The van der Waals surface area contributed by atoms with Crippen molar-refractivity contribution < 1.29 is 4.74 Å². The van der Waals surface area contributed by atoms with Gasteiger partial charge in [-0.15, -0.1) is 0 Å². The van der Waals surface area contributed by atoms with E-state index in [1.807, 2.05) is 0 Å². The van der Waals surface area contributed by atoms with E-state index in [1.54, 1.807) is 0 Å². The molecule has 1 N–H and O–H groups in total. The van der Waals surface area contributed by atoms with E-state index in [4.69, 9.17) is 4.74 Å². The summed E-state index contributed by atoms with van der Waals surface area (Å²) >= 11 is 0. The summed E-state index contributed by atoms with van der Waals surface area (Å²) in [5, 5.41) is 3.40. The van der Waals surface area contributed by atoms with Gasteiger partial charge in [0, 0.05) is 12.5 Å². The van der Waals surface area contributed by atoms with E-state index in [1.165, 1.54) is 37.7 Å². The normalized spacial score (nSPS) is 24.6. The first kappa shape index (κ1) is 12.0. The second-order valence-corrected chi connectivity index (χ2v) is 5.69. The smallest absolute Gasteiger partial charge is 0.122 e. The van der Waals surface area contributed by atoms with Crippen LogP contribution in [0.5, 0.6) is 5.75 Å². The summed E-state index contributed by atoms with van der Waals surface area (Å²) in [6.45, 7) is 3.14. The molecule has 2 heteroatoms. The molecule has 0 amide bonds. The van der Waals surface area contributed by atoms with Gasteiger partial charge in [-0.3, -0.25) is 0 Å². The Morgan fingerprint density at radius 2 is 1.94 bits per heavy atom. The van der Waals surface area contributed by atoms with Gasteiger partial charge in [-0.05, 0) is 43.4 Å². The maximum Gasteiger partial charge on any atom is 0.122 e. The minimum Gasteiger partial charge on any atom is -0.493 e. The molecule has 98 valence electrons. The Morgan fingerprint density at radius 3 is 2.72 bits per heavy atom. The zero-order valence-corrected chi connectivity index (χ0v) is 11.0. The van der Waals surface area contributed by atoms with Crippen LogP contribution in [0.4, 0.5) is 0 Å². The number of hydrogen-bond acceptors (Lipinski definition) is 2. The van der Waals surface area contributed by atoms with Gasteiger partial charge >= 0.3 is 0 Å². The Kier molecular flexibility index (Phi) is 3.84. The quantitative estimate of drug-likeness (QED) is 0.878. The Bertz CT molecular complexity index is 378. The number of para-hydroxylation sites is 1. The standard InChI is InChI=1S/C16H23NO/c1-2-6-14(5-1)15-7-3-4-8-16(15)18-12-13-9-10-17-11-13/h3-4,7-8,13-14,17H,1-2,5-6,9-12H2. The molecule has 18 heavy (non-hydrogen) atoms. The zero-order valence-electron chi connectivity index (χ0n) is 11.0. The molecule has 0 radical (unpaired) electrons. The maximum absolute atomic E-state index is 6.09. The lowest BCUT2D eigenvalue weighted by Crippen LogP contribution is -2.16. The molecule has 1 aliphatic carbocycles. The summed E-state index contributed by atoms with van der Waals surface area (Å²) in [4.78, 5) is 0. The van der Waals surface area contributed by atoms with Gasteiger partial charge in [0.15, 0.2) is 0 Å². The average Bonchev–Trinajstić information content (AvgIpc) is 3.10. The third-order valence-corrected chi connectivity index (χ3v) is 4.35. The van der Waals surface area contributed by atoms with E-state index < -0.39 is 0 Å². The second-order valence-electron chi connectivity index (χ2n) is 5.69. The highest BCUT2D eigenvalue weighted by atomic mass is 16.5. The van der Waals surface area contributed by atoms with Crippen LogP contribution in [0.1, 0.15) is 43.6 Å². The fourth-order valence-corrected chi connectivity index (χ4v) is 3.25. The molecule has 1 aromatic carbocycles. The van der Waals surface area contributed by atoms with Crippen LogP contribution in [-0.4, -0.2) is 19.7 Å². The van der Waals surface area contributed by atoms with Crippen molar-refractivity contribution in [1.29, 1.82) is 0 Å². The molecule has 1 saturated carbocycles. The number of nitrogens with one attached hydrogen (secondary N) is 1. The minimum absolute atomic E-state index is 0.696. The highest BCUT2D eigenvalue weighted by Crippen LogP contribution is 2.38. The first-order valence-electron chi connectivity index (χ1n) is 7.36. The number of rotatable bonds is 4. The van der Waals surface area contributed by atoms with E-state index in [-0.39, 0.29) is 0 Å². The summed E-state index contributed by atoms with van der Waals surface area (Å²) < 4.78 is 6.09. The van der Waals surface area contributed by atoms with Crippen molar-refractivity contribution in [2.24, 2.45) is 5.92 Å². The van der Waals surface area contributed by atoms with Gasteiger partial charge in [0.05, 0.1) is 6.61 Å². The van der Waals surface area contributed by atoms with E-state index in [2.05, 4.69) is 29.6 Å². The molecule has 1 unspecified atom stereocenters. The van der Waals surface area contributed by atoms with Crippen LogP contribution >= 0.6 is 0 Å². The average molecular weight is 245 g/mol. The van der Waals surface area contributed by atoms with Crippen LogP contribution in [-0.2, 0) is 0 Å². The Morgan fingerprint density at radius 1 is 1.11 bits per heavy atom. The van der Waals surface area contributed by atoms with Crippen molar-refractivity contribution in [3.8, 4) is 5.75 Å². The number of hydrogen-bond donors (Lipinski definition) is 1. The molecule has 1 heterocycles. The molecule has 2 nitrogen and oxygen atoms in total. The predicted octanol–water partition coefficient (Wildman–Crippen LogP) is 3.33. The van der Waals surface area contributed by atoms with Crippen molar-refractivity contribution >= 4 is 0 Å². The van der Waals surface area contributed by atoms with Crippen LogP contribution in [0.25, 0.3) is 0 Å². The molecular weight excluding hydrogens is 222 g/mol. The molecule has 0 spiro atoms. The van der Waals surface area contributed by atoms with Gasteiger partial charge in [-0.1, -0.05) is 31.0 Å². The van der Waals surface area contributed by atoms with Crippen molar-refractivity contribution in [2.75, 3.05) is 19.7 Å². The summed E-state index contributed by atoms with van der Waals surface area (Å²) in [6.07, 6.45) is 6.69. The third kappa shape index (κ3) is 2.69. The SMILES string of the molecule is c1ccc(C2CCCC2)c(OCC2CCNC2)c1. The Balaban J connectivity index is 1.66. The van der Waals surface area contributed by atoms with Gasteiger partial charge in [0.2, 0.25) is 0 Å². The van der Waals surface area contributed by atoms with Crippen LogP contribution in [0.15, 0.2) is 24.3 Å². The number of benzene rings is 1. The van der Waals surface area contributed by atoms with Gasteiger partial charge in [-0.25, -0.2) is 0 Å². The maximum atomic E-state index is 6.09. The summed E-state index contributed by atoms with van der Waals surface area (Å²) in [6, 6.07) is 8.66. The number of ether oxygens (including phenoxy) is 1. The van der Waals surface area contributed by atoms with Gasteiger partial charge in [0.25, 0.3) is 0 Å². The van der Waals surface area contributed by atoms with Crippen LogP contribution in [0.2, 0.25) is 0 Å². The topological polar surface area (TPSA) is 21.3 Å². The van der Waals surface area contributed by atoms with Gasteiger partial charge < -0.3 is 10.1 Å². The molecule has 1 aromatic rings. The highest BCUT2D eigenvalue weighted by Gasteiger charge is 2.21. The van der Waals surface area contributed by atoms with Crippen molar-refractivity contribution in [2.45, 2.75) is 38.0 Å². The molecule has 3 rings (SSSR count). The summed E-state index contributed by atoms with van der Waals surface area (Å²) in [5.41, 5.74) is 1.45. The molecular formula is C16H23NO. The molecule has 1 aliphatic heterocycles. The second kappa shape index (κ2) is 5.75. The summed E-state index contributed by atoms with van der Waals surface area (Å²) in [5.74, 6) is 2.57. The predicted molar refractivity (Wildman–Crippen MR) is 74.1 cm³/mol. The minimum atomic E-state index is 0.696. The van der Waals surface area contributed by atoms with Gasteiger partial charge in [0.1, 0.15) is 5.75 Å². The first-order valence-corrected chi connectivity index (χ1v) is 7.36. The van der Waals surface area contributed by atoms with Crippen molar-refractivity contribution in [3.63, 3.8) is 0 Å². The lowest BCUT2D eigenvalue weighted by molar-refractivity contribution is 0.256. The monoisotopic (exact) mass is 245 g/mol. The zero-order chi connectivity index (χ0) is 12.2. The fraction of sp³-hybridized carbons (Fsp3) is 0.625. The van der Waals surface area contributed by atoms with Crippen molar-refractivity contribution in [1.82, 2.24) is 5.32 Å². The lowest BCUT2D eigenvalue weighted by atomic mass is 9.97. The fourth-order valence-electron chi connectivity index (χ4n) is 3.25. The van der Waals surface area contributed by atoms with E-state index >= 15 is 0 Å². The van der Waals surface area contributed by atoms with Crippen LogP contribution in [0.3, 0.4) is 0 Å². The van der Waals surface area contributed by atoms with E-state index in [9.17, 15) is 0 Å².